The van der Waals surface area contributed by atoms with Crippen LogP contribution in [0, 0.1) is 0 Å². The van der Waals surface area contributed by atoms with Gasteiger partial charge in [0.05, 0.1) is 19.8 Å². The second-order valence-electron chi connectivity index (χ2n) is 6.58. The molecule has 0 aromatic carbocycles. The first-order chi connectivity index (χ1) is 10.8. The molecular formula is C16H28N4O2. The first-order valence-electron chi connectivity index (χ1n) is 8.67. The standard InChI is InChI=1S/C16H28N4O2/c1-13(12-20-7-9-21-10-8-20)17-11-15-18-16(19-22-15)14-5-3-2-4-6-14/h13-14,17H,2-12H2,1H3/t13-/m1/s1. The summed E-state index contributed by atoms with van der Waals surface area (Å²) < 4.78 is 10.8. The van der Waals surface area contributed by atoms with Crippen LogP contribution in [-0.4, -0.2) is 53.9 Å². The van der Waals surface area contributed by atoms with Crippen LogP contribution in [0.3, 0.4) is 0 Å². The van der Waals surface area contributed by atoms with Crippen LogP contribution in [0.4, 0.5) is 0 Å². The fourth-order valence-electron chi connectivity index (χ4n) is 3.36. The lowest BCUT2D eigenvalue weighted by Gasteiger charge is -2.29. The van der Waals surface area contributed by atoms with Crippen LogP contribution in [-0.2, 0) is 11.3 Å². The lowest BCUT2D eigenvalue weighted by atomic mass is 9.89. The van der Waals surface area contributed by atoms with Crippen LogP contribution in [0.1, 0.15) is 56.7 Å². The number of hydrogen-bond donors (Lipinski definition) is 1. The maximum absolute atomic E-state index is 5.40. The Labute approximate surface area is 132 Å². The molecule has 6 heteroatoms. The van der Waals surface area contributed by atoms with Crippen molar-refractivity contribution >= 4 is 0 Å². The molecule has 1 aliphatic carbocycles. The quantitative estimate of drug-likeness (QED) is 0.866. The SMILES string of the molecule is C[C@H](CN1CCOCC1)NCc1nc(C2CCCCC2)no1. The smallest absolute Gasteiger partial charge is 0.240 e. The molecule has 2 aliphatic rings. The Morgan fingerprint density at radius 3 is 2.77 bits per heavy atom. The molecule has 0 bridgehead atoms. The molecule has 1 aromatic heterocycles. The van der Waals surface area contributed by atoms with Crippen LogP contribution in [0.15, 0.2) is 4.52 Å². The molecule has 0 radical (unpaired) electrons. The Morgan fingerprint density at radius 2 is 2.00 bits per heavy atom. The van der Waals surface area contributed by atoms with Crippen molar-refractivity contribution in [1.29, 1.82) is 0 Å². The van der Waals surface area contributed by atoms with E-state index in [1.165, 1.54) is 32.1 Å². The van der Waals surface area contributed by atoms with Gasteiger partial charge in [0.25, 0.3) is 0 Å². The molecule has 2 fully saturated rings. The van der Waals surface area contributed by atoms with E-state index in [2.05, 4.69) is 27.3 Å². The minimum Gasteiger partial charge on any atom is -0.379 e. The Kier molecular flexibility index (Phi) is 5.81. The second kappa shape index (κ2) is 8.04. The highest BCUT2D eigenvalue weighted by atomic mass is 16.5. The minimum absolute atomic E-state index is 0.406. The first-order valence-corrected chi connectivity index (χ1v) is 8.67. The topological polar surface area (TPSA) is 63.4 Å². The van der Waals surface area contributed by atoms with Gasteiger partial charge in [-0.15, -0.1) is 0 Å². The monoisotopic (exact) mass is 308 g/mol. The Morgan fingerprint density at radius 1 is 1.23 bits per heavy atom. The molecule has 0 unspecified atom stereocenters. The summed E-state index contributed by atoms with van der Waals surface area (Å²) >= 11 is 0. The molecule has 0 spiro atoms. The third-order valence-electron chi connectivity index (χ3n) is 4.69. The fraction of sp³-hybridized carbons (Fsp3) is 0.875. The van der Waals surface area contributed by atoms with Gasteiger partial charge in [0.1, 0.15) is 0 Å². The summed E-state index contributed by atoms with van der Waals surface area (Å²) in [5.74, 6) is 2.14. The maximum atomic E-state index is 5.40. The summed E-state index contributed by atoms with van der Waals surface area (Å²) in [6.45, 7) is 7.64. The van der Waals surface area contributed by atoms with Gasteiger partial charge in [-0.3, -0.25) is 4.90 Å². The average Bonchev–Trinajstić information content (AvgIpc) is 3.04. The molecule has 124 valence electrons. The summed E-state index contributed by atoms with van der Waals surface area (Å²) in [5.41, 5.74) is 0. The van der Waals surface area contributed by atoms with Crippen molar-refractivity contribution in [3.8, 4) is 0 Å². The van der Waals surface area contributed by atoms with Crippen molar-refractivity contribution < 1.29 is 9.26 Å². The molecule has 3 rings (SSSR count). The molecule has 1 N–H and O–H groups in total. The first kappa shape index (κ1) is 15.9. The molecule has 1 saturated heterocycles. The summed E-state index contributed by atoms with van der Waals surface area (Å²) in [6, 6.07) is 0.406. The summed E-state index contributed by atoms with van der Waals surface area (Å²) in [7, 11) is 0. The zero-order chi connectivity index (χ0) is 15.2. The van der Waals surface area contributed by atoms with Gasteiger partial charge in [-0.25, -0.2) is 0 Å². The highest BCUT2D eigenvalue weighted by molar-refractivity contribution is 4.96. The number of aromatic nitrogens is 2. The molecule has 1 atom stereocenters. The van der Waals surface area contributed by atoms with Crippen molar-refractivity contribution in [2.24, 2.45) is 0 Å². The van der Waals surface area contributed by atoms with Crippen LogP contribution in [0.2, 0.25) is 0 Å². The number of rotatable bonds is 6. The van der Waals surface area contributed by atoms with Gasteiger partial charge in [-0.05, 0) is 19.8 Å². The summed E-state index contributed by atoms with van der Waals surface area (Å²) in [5, 5.41) is 7.66. The lowest BCUT2D eigenvalue weighted by Crippen LogP contribution is -2.44. The van der Waals surface area contributed by atoms with Crippen molar-refractivity contribution in [3.63, 3.8) is 0 Å². The van der Waals surface area contributed by atoms with Crippen LogP contribution >= 0.6 is 0 Å². The summed E-state index contributed by atoms with van der Waals surface area (Å²) in [6.07, 6.45) is 6.36. The van der Waals surface area contributed by atoms with E-state index in [-0.39, 0.29) is 0 Å². The number of morpholine rings is 1. The van der Waals surface area contributed by atoms with Crippen molar-refractivity contribution in [1.82, 2.24) is 20.4 Å². The van der Waals surface area contributed by atoms with Crippen molar-refractivity contribution in [2.75, 3.05) is 32.8 Å². The van der Waals surface area contributed by atoms with E-state index in [1.807, 2.05) is 0 Å². The second-order valence-corrected chi connectivity index (χ2v) is 6.58. The third kappa shape index (κ3) is 4.51. The predicted octanol–water partition coefficient (Wildman–Crippen LogP) is 1.93. The highest BCUT2D eigenvalue weighted by Crippen LogP contribution is 2.30. The molecule has 6 nitrogen and oxygen atoms in total. The third-order valence-corrected chi connectivity index (χ3v) is 4.69. The molecule has 22 heavy (non-hydrogen) atoms. The van der Waals surface area contributed by atoms with Crippen LogP contribution in [0.25, 0.3) is 0 Å². The number of nitrogens with one attached hydrogen (secondary N) is 1. The van der Waals surface area contributed by atoms with Gasteiger partial charge < -0.3 is 14.6 Å². The van der Waals surface area contributed by atoms with E-state index in [9.17, 15) is 0 Å². The van der Waals surface area contributed by atoms with E-state index in [0.717, 1.165) is 44.6 Å². The van der Waals surface area contributed by atoms with Gasteiger partial charge in [-0.1, -0.05) is 24.4 Å². The molecule has 1 aromatic rings. The number of ether oxygens (including phenoxy) is 1. The van der Waals surface area contributed by atoms with Crippen molar-refractivity contribution in [3.05, 3.63) is 11.7 Å². The van der Waals surface area contributed by atoms with E-state index < -0.39 is 0 Å². The van der Waals surface area contributed by atoms with Crippen molar-refractivity contribution in [2.45, 2.75) is 57.5 Å². The lowest BCUT2D eigenvalue weighted by molar-refractivity contribution is 0.0342. The van der Waals surface area contributed by atoms with E-state index in [4.69, 9.17) is 9.26 Å². The van der Waals surface area contributed by atoms with E-state index >= 15 is 0 Å². The minimum atomic E-state index is 0.406. The van der Waals surface area contributed by atoms with E-state index in [0.29, 0.717) is 18.5 Å². The highest BCUT2D eigenvalue weighted by Gasteiger charge is 2.21. The van der Waals surface area contributed by atoms with Crippen LogP contribution in [0.5, 0.6) is 0 Å². The molecule has 0 amide bonds. The van der Waals surface area contributed by atoms with Gasteiger partial charge in [0.15, 0.2) is 5.82 Å². The van der Waals surface area contributed by atoms with Gasteiger partial charge in [-0.2, -0.15) is 4.98 Å². The normalized spacial score (nSPS) is 22.8. The maximum Gasteiger partial charge on any atom is 0.240 e. The predicted molar refractivity (Wildman–Crippen MR) is 83.7 cm³/mol. The van der Waals surface area contributed by atoms with Gasteiger partial charge >= 0.3 is 0 Å². The zero-order valence-corrected chi connectivity index (χ0v) is 13.6. The Hall–Kier alpha value is -0.980. The zero-order valence-electron chi connectivity index (χ0n) is 13.6. The number of nitrogens with zero attached hydrogens (tertiary/aromatic N) is 3. The Balaban J connectivity index is 1.41. The van der Waals surface area contributed by atoms with E-state index in [1.54, 1.807) is 0 Å². The number of hydrogen-bond acceptors (Lipinski definition) is 6. The molecular weight excluding hydrogens is 280 g/mol. The van der Waals surface area contributed by atoms with Gasteiger partial charge in [0.2, 0.25) is 5.89 Å². The molecule has 2 heterocycles. The molecule has 1 saturated carbocycles. The fourth-order valence-corrected chi connectivity index (χ4v) is 3.36. The summed E-state index contributed by atoms with van der Waals surface area (Å²) in [4.78, 5) is 7.01. The Bertz CT molecular complexity index is 439. The largest absolute Gasteiger partial charge is 0.379 e. The van der Waals surface area contributed by atoms with Gasteiger partial charge in [0, 0.05) is 31.6 Å². The molecule has 1 aliphatic heterocycles. The van der Waals surface area contributed by atoms with Crippen LogP contribution < -0.4 is 5.32 Å². The average molecular weight is 308 g/mol.